The molecule has 1 aliphatic heterocycles. The topological polar surface area (TPSA) is 73.9 Å². The molecule has 1 atom stereocenters. The van der Waals surface area contributed by atoms with E-state index in [1.54, 1.807) is 42.6 Å². The molecule has 0 unspecified atom stereocenters. The van der Waals surface area contributed by atoms with E-state index >= 15 is 0 Å². The molecule has 132 valence electrons. The molecule has 2 aromatic heterocycles. The van der Waals surface area contributed by atoms with Gasteiger partial charge in [-0.1, -0.05) is 12.1 Å². The Morgan fingerprint density at radius 1 is 1.15 bits per heavy atom. The van der Waals surface area contributed by atoms with E-state index in [0.29, 0.717) is 23.5 Å². The molecular weight excluding hydrogens is 333 g/mol. The number of aromatic amines is 1. The number of nitrogens with one attached hydrogen (secondary N) is 2. The average molecular weight is 351 g/mol. The van der Waals surface area contributed by atoms with Gasteiger partial charge in [-0.3, -0.25) is 4.79 Å². The lowest BCUT2D eigenvalue weighted by atomic mass is 10.1. The Morgan fingerprint density at radius 2 is 2.04 bits per heavy atom. The fourth-order valence-corrected chi connectivity index (χ4v) is 3.13. The molecule has 0 radical (unpaired) electrons. The van der Waals surface area contributed by atoms with Crippen LogP contribution in [-0.2, 0) is 0 Å². The van der Waals surface area contributed by atoms with Gasteiger partial charge in [0.1, 0.15) is 11.5 Å². The molecular formula is C19H18FN5O. The maximum absolute atomic E-state index is 13.8. The standard InChI is InChI=1S/C19H18FN5O/c20-15-5-2-1-4-14(15)16-7-8-18(24-23-16)25-11-9-13(12-25)22-19(26)17-6-3-10-21-17/h1-8,10,13,21H,9,11-12H2,(H,22,26)/t13-/m0/s1. The van der Waals surface area contributed by atoms with Crippen LogP contribution in [0.3, 0.4) is 0 Å². The lowest BCUT2D eigenvalue weighted by Crippen LogP contribution is -2.37. The second kappa shape index (κ2) is 6.95. The van der Waals surface area contributed by atoms with Gasteiger partial charge in [0, 0.05) is 30.9 Å². The van der Waals surface area contributed by atoms with Crippen molar-refractivity contribution in [2.24, 2.45) is 0 Å². The van der Waals surface area contributed by atoms with Gasteiger partial charge >= 0.3 is 0 Å². The van der Waals surface area contributed by atoms with Gasteiger partial charge in [0.2, 0.25) is 0 Å². The highest BCUT2D eigenvalue weighted by Gasteiger charge is 2.25. The van der Waals surface area contributed by atoms with Crippen molar-refractivity contribution >= 4 is 11.7 Å². The van der Waals surface area contributed by atoms with E-state index in [0.717, 1.165) is 18.8 Å². The summed E-state index contributed by atoms with van der Waals surface area (Å²) in [7, 11) is 0. The summed E-state index contributed by atoms with van der Waals surface area (Å²) in [5, 5.41) is 11.4. The zero-order valence-electron chi connectivity index (χ0n) is 14.0. The molecule has 1 fully saturated rings. The minimum atomic E-state index is -0.317. The normalized spacial score (nSPS) is 16.7. The van der Waals surface area contributed by atoms with Crippen molar-refractivity contribution < 1.29 is 9.18 Å². The van der Waals surface area contributed by atoms with Gasteiger partial charge in [0.25, 0.3) is 5.91 Å². The van der Waals surface area contributed by atoms with Crippen LogP contribution in [0.5, 0.6) is 0 Å². The van der Waals surface area contributed by atoms with Gasteiger partial charge in [-0.05, 0) is 42.8 Å². The summed E-state index contributed by atoms with van der Waals surface area (Å²) < 4.78 is 13.8. The zero-order chi connectivity index (χ0) is 17.9. The molecule has 7 heteroatoms. The number of benzene rings is 1. The number of anilines is 1. The van der Waals surface area contributed by atoms with Gasteiger partial charge in [-0.2, -0.15) is 0 Å². The summed E-state index contributed by atoms with van der Waals surface area (Å²) in [6, 6.07) is 13.7. The molecule has 1 aromatic carbocycles. The second-order valence-corrected chi connectivity index (χ2v) is 6.25. The van der Waals surface area contributed by atoms with Crippen LogP contribution in [0.15, 0.2) is 54.7 Å². The Labute approximate surface area is 150 Å². The van der Waals surface area contributed by atoms with Crippen molar-refractivity contribution in [3.63, 3.8) is 0 Å². The predicted molar refractivity (Wildman–Crippen MR) is 96.3 cm³/mol. The molecule has 0 aliphatic carbocycles. The van der Waals surface area contributed by atoms with Crippen LogP contribution in [-0.4, -0.2) is 40.2 Å². The second-order valence-electron chi connectivity index (χ2n) is 6.25. The molecule has 6 nitrogen and oxygen atoms in total. The molecule has 2 N–H and O–H groups in total. The summed E-state index contributed by atoms with van der Waals surface area (Å²) in [6.07, 6.45) is 2.56. The maximum Gasteiger partial charge on any atom is 0.267 e. The number of amides is 1. The summed E-state index contributed by atoms with van der Waals surface area (Å²) in [5.74, 6) is 0.298. The van der Waals surface area contributed by atoms with E-state index in [2.05, 4.69) is 25.4 Å². The number of carbonyl (C=O) groups is 1. The number of H-pyrrole nitrogens is 1. The molecule has 1 aliphatic rings. The third-order valence-corrected chi connectivity index (χ3v) is 4.49. The summed E-state index contributed by atoms with van der Waals surface area (Å²) in [4.78, 5) is 17.1. The Morgan fingerprint density at radius 3 is 2.77 bits per heavy atom. The molecule has 4 rings (SSSR count). The lowest BCUT2D eigenvalue weighted by Gasteiger charge is -2.17. The predicted octanol–water partition coefficient (Wildman–Crippen LogP) is 2.62. The summed E-state index contributed by atoms with van der Waals surface area (Å²) in [6.45, 7) is 1.45. The fourth-order valence-electron chi connectivity index (χ4n) is 3.13. The first-order chi connectivity index (χ1) is 12.7. The van der Waals surface area contributed by atoms with Crippen LogP contribution in [0.2, 0.25) is 0 Å². The SMILES string of the molecule is O=C(N[C@H]1CCN(c2ccc(-c3ccccc3F)nn2)C1)c1ccc[nH]1. The highest BCUT2D eigenvalue weighted by molar-refractivity contribution is 5.92. The van der Waals surface area contributed by atoms with Crippen molar-refractivity contribution in [3.05, 3.63) is 66.2 Å². The quantitative estimate of drug-likeness (QED) is 0.758. The molecule has 0 spiro atoms. The van der Waals surface area contributed by atoms with Crippen LogP contribution < -0.4 is 10.2 Å². The number of carbonyl (C=O) groups excluding carboxylic acids is 1. The average Bonchev–Trinajstić information content (AvgIpc) is 3.34. The van der Waals surface area contributed by atoms with Gasteiger partial charge in [0.15, 0.2) is 5.82 Å². The Kier molecular flexibility index (Phi) is 4.35. The van der Waals surface area contributed by atoms with E-state index in [9.17, 15) is 9.18 Å². The molecule has 0 saturated carbocycles. The highest BCUT2D eigenvalue weighted by Crippen LogP contribution is 2.23. The number of nitrogens with zero attached hydrogens (tertiary/aromatic N) is 3. The van der Waals surface area contributed by atoms with Crippen molar-refractivity contribution in [1.82, 2.24) is 20.5 Å². The monoisotopic (exact) mass is 351 g/mol. The zero-order valence-corrected chi connectivity index (χ0v) is 14.0. The molecule has 1 amide bonds. The van der Waals surface area contributed by atoms with Gasteiger partial charge in [-0.15, -0.1) is 10.2 Å². The minimum Gasteiger partial charge on any atom is -0.357 e. The Bertz CT molecular complexity index is 895. The van der Waals surface area contributed by atoms with E-state index in [1.165, 1.54) is 6.07 Å². The van der Waals surface area contributed by atoms with Crippen molar-refractivity contribution in [3.8, 4) is 11.3 Å². The van der Waals surface area contributed by atoms with E-state index in [1.807, 2.05) is 6.07 Å². The van der Waals surface area contributed by atoms with E-state index in [4.69, 9.17) is 0 Å². The summed E-state index contributed by atoms with van der Waals surface area (Å²) >= 11 is 0. The number of hydrogen-bond acceptors (Lipinski definition) is 4. The third kappa shape index (κ3) is 3.28. The van der Waals surface area contributed by atoms with Gasteiger partial charge < -0.3 is 15.2 Å². The molecule has 3 heterocycles. The lowest BCUT2D eigenvalue weighted by molar-refractivity contribution is 0.0936. The Hall–Kier alpha value is -3.22. The number of aromatic nitrogens is 3. The van der Waals surface area contributed by atoms with Crippen LogP contribution >= 0.6 is 0 Å². The number of halogens is 1. The maximum atomic E-state index is 13.8. The van der Waals surface area contributed by atoms with Crippen LogP contribution in [0.1, 0.15) is 16.9 Å². The highest BCUT2D eigenvalue weighted by atomic mass is 19.1. The summed E-state index contributed by atoms with van der Waals surface area (Å²) in [5.41, 5.74) is 1.49. The molecule has 3 aromatic rings. The first-order valence-electron chi connectivity index (χ1n) is 8.48. The third-order valence-electron chi connectivity index (χ3n) is 4.49. The first kappa shape index (κ1) is 16.3. The van der Waals surface area contributed by atoms with Crippen molar-refractivity contribution in [2.45, 2.75) is 12.5 Å². The smallest absolute Gasteiger partial charge is 0.267 e. The van der Waals surface area contributed by atoms with Crippen molar-refractivity contribution in [2.75, 3.05) is 18.0 Å². The molecule has 1 saturated heterocycles. The fraction of sp³-hybridized carbons (Fsp3) is 0.211. The van der Waals surface area contributed by atoms with Crippen LogP contribution in [0, 0.1) is 5.82 Å². The Balaban J connectivity index is 1.41. The number of hydrogen-bond donors (Lipinski definition) is 2. The van der Waals surface area contributed by atoms with Crippen molar-refractivity contribution in [1.29, 1.82) is 0 Å². The number of rotatable bonds is 4. The van der Waals surface area contributed by atoms with Gasteiger partial charge in [-0.25, -0.2) is 4.39 Å². The minimum absolute atomic E-state index is 0.0545. The molecule has 26 heavy (non-hydrogen) atoms. The molecule has 0 bridgehead atoms. The van der Waals surface area contributed by atoms with Crippen LogP contribution in [0.25, 0.3) is 11.3 Å². The largest absolute Gasteiger partial charge is 0.357 e. The first-order valence-corrected chi connectivity index (χ1v) is 8.48. The van der Waals surface area contributed by atoms with E-state index in [-0.39, 0.29) is 17.8 Å². The van der Waals surface area contributed by atoms with Gasteiger partial charge in [0.05, 0.1) is 5.69 Å². The van der Waals surface area contributed by atoms with E-state index < -0.39 is 0 Å². The van der Waals surface area contributed by atoms with Crippen LogP contribution in [0.4, 0.5) is 10.2 Å².